The molecule has 3 rings (SSSR count). The molecule has 2 unspecified atom stereocenters. The highest BCUT2D eigenvalue weighted by Crippen LogP contribution is 2.38. The van der Waals surface area contributed by atoms with Crippen LogP contribution in [0.25, 0.3) is 0 Å². The van der Waals surface area contributed by atoms with Crippen LogP contribution in [0.2, 0.25) is 0 Å². The number of anilines is 1. The number of nitrogen functional groups attached to an aromatic ring is 1. The molecular formula is C15H22N2O2S. The standard InChI is InChI=1S/C15H22N2O2S/c16-14-7-3-1-6-13(14)11-20(18,19)17-10-9-12-5-2-4-8-15(12)17/h1,3,6-7,12,15H,2,4-5,8-11,16H2. The van der Waals surface area contributed by atoms with E-state index in [0.29, 0.717) is 23.7 Å². The minimum atomic E-state index is -3.25. The van der Waals surface area contributed by atoms with Crippen LogP contribution in [0.4, 0.5) is 5.69 Å². The molecule has 0 aromatic heterocycles. The second kappa shape index (κ2) is 5.37. The molecule has 0 bridgehead atoms. The number of hydrogen-bond donors (Lipinski definition) is 1. The number of nitrogens with two attached hydrogens (primary N) is 1. The summed E-state index contributed by atoms with van der Waals surface area (Å²) in [5.74, 6) is 0.606. The van der Waals surface area contributed by atoms with Crippen molar-refractivity contribution in [2.75, 3.05) is 12.3 Å². The molecule has 1 saturated carbocycles. The molecule has 20 heavy (non-hydrogen) atoms. The number of sulfonamides is 1. The molecule has 1 aromatic carbocycles. The lowest BCUT2D eigenvalue weighted by atomic mass is 9.86. The van der Waals surface area contributed by atoms with Crippen LogP contribution in [-0.2, 0) is 15.8 Å². The Bertz CT molecular complexity index is 585. The van der Waals surface area contributed by atoms with Gasteiger partial charge >= 0.3 is 0 Å². The first kappa shape index (κ1) is 13.9. The maximum Gasteiger partial charge on any atom is 0.218 e. The fourth-order valence-electron chi connectivity index (χ4n) is 3.65. The second-order valence-electron chi connectivity index (χ2n) is 5.97. The number of nitrogens with zero attached hydrogens (tertiary/aromatic N) is 1. The highest BCUT2D eigenvalue weighted by Gasteiger charge is 2.41. The molecular weight excluding hydrogens is 272 g/mol. The average Bonchev–Trinajstić information content (AvgIpc) is 2.86. The predicted octanol–water partition coefficient (Wildman–Crippen LogP) is 2.36. The van der Waals surface area contributed by atoms with Gasteiger partial charge in [0.2, 0.25) is 10.0 Å². The van der Waals surface area contributed by atoms with E-state index < -0.39 is 10.0 Å². The van der Waals surface area contributed by atoms with Gasteiger partial charge in [-0.15, -0.1) is 0 Å². The number of benzene rings is 1. The lowest BCUT2D eigenvalue weighted by Crippen LogP contribution is -2.39. The van der Waals surface area contributed by atoms with Gasteiger partial charge in [-0.05, 0) is 36.8 Å². The Morgan fingerprint density at radius 2 is 1.90 bits per heavy atom. The lowest BCUT2D eigenvalue weighted by molar-refractivity contribution is 0.260. The Hall–Kier alpha value is -1.07. The highest BCUT2D eigenvalue weighted by molar-refractivity contribution is 7.88. The van der Waals surface area contributed by atoms with Crippen molar-refractivity contribution in [3.8, 4) is 0 Å². The van der Waals surface area contributed by atoms with Gasteiger partial charge in [0, 0.05) is 18.3 Å². The second-order valence-corrected chi connectivity index (χ2v) is 7.89. The van der Waals surface area contributed by atoms with Crippen molar-refractivity contribution in [2.45, 2.75) is 43.9 Å². The number of para-hydroxylation sites is 1. The Balaban J connectivity index is 1.80. The highest BCUT2D eigenvalue weighted by atomic mass is 32.2. The third-order valence-electron chi connectivity index (χ3n) is 4.71. The van der Waals surface area contributed by atoms with Gasteiger partial charge in [-0.2, -0.15) is 4.31 Å². The van der Waals surface area contributed by atoms with E-state index >= 15 is 0 Å². The zero-order valence-electron chi connectivity index (χ0n) is 11.7. The molecule has 2 aliphatic rings. The van der Waals surface area contributed by atoms with Gasteiger partial charge in [-0.3, -0.25) is 0 Å². The summed E-state index contributed by atoms with van der Waals surface area (Å²) in [6.45, 7) is 0.685. The summed E-state index contributed by atoms with van der Waals surface area (Å²) in [4.78, 5) is 0. The zero-order valence-corrected chi connectivity index (χ0v) is 12.5. The lowest BCUT2D eigenvalue weighted by Gasteiger charge is -2.31. The van der Waals surface area contributed by atoms with Gasteiger partial charge in [0.05, 0.1) is 5.75 Å². The topological polar surface area (TPSA) is 63.4 Å². The van der Waals surface area contributed by atoms with E-state index in [9.17, 15) is 8.42 Å². The summed E-state index contributed by atoms with van der Waals surface area (Å²) >= 11 is 0. The Kier molecular flexibility index (Phi) is 3.73. The van der Waals surface area contributed by atoms with E-state index in [1.54, 1.807) is 16.4 Å². The first-order valence-corrected chi connectivity index (χ1v) is 9.02. The number of fused-ring (bicyclic) bond motifs is 1. The fourth-order valence-corrected chi connectivity index (χ4v) is 5.55. The van der Waals surface area contributed by atoms with Crippen LogP contribution in [0.1, 0.15) is 37.7 Å². The molecule has 1 aliphatic heterocycles. The third-order valence-corrected chi connectivity index (χ3v) is 6.55. The fraction of sp³-hybridized carbons (Fsp3) is 0.600. The van der Waals surface area contributed by atoms with Crippen LogP contribution in [0.5, 0.6) is 0 Å². The van der Waals surface area contributed by atoms with Crippen molar-refractivity contribution < 1.29 is 8.42 Å². The van der Waals surface area contributed by atoms with E-state index in [-0.39, 0.29) is 11.8 Å². The van der Waals surface area contributed by atoms with Crippen LogP contribution < -0.4 is 5.73 Å². The van der Waals surface area contributed by atoms with E-state index in [2.05, 4.69) is 0 Å². The van der Waals surface area contributed by atoms with Crippen molar-refractivity contribution in [1.82, 2.24) is 4.31 Å². The van der Waals surface area contributed by atoms with Crippen LogP contribution in [0, 0.1) is 5.92 Å². The van der Waals surface area contributed by atoms with Crippen LogP contribution >= 0.6 is 0 Å². The normalized spacial score (nSPS) is 27.4. The first-order chi connectivity index (χ1) is 9.58. The minimum absolute atomic E-state index is 0.0306. The minimum Gasteiger partial charge on any atom is -0.398 e. The molecule has 0 radical (unpaired) electrons. The molecule has 2 fully saturated rings. The van der Waals surface area contributed by atoms with Crippen molar-refractivity contribution in [1.29, 1.82) is 0 Å². The van der Waals surface area contributed by atoms with Crippen LogP contribution in [0.3, 0.4) is 0 Å². The van der Waals surface area contributed by atoms with Gasteiger partial charge in [0.15, 0.2) is 0 Å². The quantitative estimate of drug-likeness (QED) is 0.870. The summed E-state index contributed by atoms with van der Waals surface area (Å²) in [5, 5.41) is 0. The largest absolute Gasteiger partial charge is 0.398 e. The first-order valence-electron chi connectivity index (χ1n) is 7.41. The Labute approximate surface area is 121 Å². The van der Waals surface area contributed by atoms with Crippen LogP contribution in [0.15, 0.2) is 24.3 Å². The SMILES string of the molecule is Nc1ccccc1CS(=O)(=O)N1CCC2CCCCC21. The number of rotatable bonds is 3. The molecule has 1 aromatic rings. The van der Waals surface area contributed by atoms with E-state index in [1.165, 1.54) is 12.8 Å². The average molecular weight is 294 g/mol. The maximum atomic E-state index is 12.7. The molecule has 2 N–H and O–H groups in total. The molecule has 110 valence electrons. The summed E-state index contributed by atoms with van der Waals surface area (Å²) in [5.41, 5.74) is 7.16. The summed E-state index contributed by atoms with van der Waals surface area (Å²) in [6, 6.07) is 7.48. The maximum absolute atomic E-state index is 12.7. The van der Waals surface area contributed by atoms with Gasteiger partial charge in [-0.1, -0.05) is 31.0 Å². The van der Waals surface area contributed by atoms with Crippen LogP contribution in [-0.4, -0.2) is 25.3 Å². The predicted molar refractivity (Wildman–Crippen MR) is 80.5 cm³/mol. The molecule has 0 amide bonds. The van der Waals surface area contributed by atoms with Gasteiger partial charge in [0.1, 0.15) is 0 Å². The monoisotopic (exact) mass is 294 g/mol. The van der Waals surface area contributed by atoms with E-state index in [1.807, 2.05) is 12.1 Å². The molecule has 0 spiro atoms. The van der Waals surface area contributed by atoms with Gasteiger partial charge in [0.25, 0.3) is 0 Å². The van der Waals surface area contributed by atoms with Crippen molar-refractivity contribution >= 4 is 15.7 Å². The van der Waals surface area contributed by atoms with Crippen molar-refractivity contribution in [3.05, 3.63) is 29.8 Å². The molecule has 2 atom stereocenters. The molecule has 1 heterocycles. The summed E-state index contributed by atoms with van der Waals surface area (Å²) < 4.78 is 27.1. The molecule has 1 saturated heterocycles. The Morgan fingerprint density at radius 1 is 1.15 bits per heavy atom. The smallest absolute Gasteiger partial charge is 0.218 e. The van der Waals surface area contributed by atoms with E-state index in [0.717, 1.165) is 19.3 Å². The number of hydrogen-bond acceptors (Lipinski definition) is 3. The summed E-state index contributed by atoms with van der Waals surface area (Å²) in [6.07, 6.45) is 5.63. The van der Waals surface area contributed by atoms with Crippen molar-refractivity contribution in [3.63, 3.8) is 0 Å². The van der Waals surface area contributed by atoms with Gasteiger partial charge in [-0.25, -0.2) is 8.42 Å². The molecule has 1 aliphatic carbocycles. The van der Waals surface area contributed by atoms with Gasteiger partial charge < -0.3 is 5.73 Å². The van der Waals surface area contributed by atoms with Crippen molar-refractivity contribution in [2.24, 2.45) is 5.92 Å². The summed E-state index contributed by atoms with van der Waals surface area (Å²) in [7, 11) is -3.25. The Morgan fingerprint density at radius 3 is 2.70 bits per heavy atom. The zero-order chi connectivity index (χ0) is 14.2. The van der Waals surface area contributed by atoms with E-state index in [4.69, 9.17) is 5.73 Å². The molecule has 4 nitrogen and oxygen atoms in total. The third kappa shape index (κ3) is 2.56. The molecule has 5 heteroatoms.